The zero-order chi connectivity index (χ0) is 17.4. The Balaban J connectivity index is 0. The third-order valence-corrected chi connectivity index (χ3v) is 3.34. The fourth-order valence-corrected chi connectivity index (χ4v) is 1.42. The Hall–Kier alpha value is -1.28. The van der Waals surface area contributed by atoms with Gasteiger partial charge in [0.1, 0.15) is 5.76 Å². The molecule has 0 aliphatic heterocycles. The molecule has 0 atom stereocenters. The highest BCUT2D eigenvalue weighted by Gasteiger charge is 2.17. The summed E-state index contributed by atoms with van der Waals surface area (Å²) in [6.45, 7) is 26.5. The van der Waals surface area contributed by atoms with E-state index in [0.29, 0.717) is 5.92 Å². The van der Waals surface area contributed by atoms with Crippen LogP contribution in [0.1, 0.15) is 62.3 Å². The van der Waals surface area contributed by atoms with Gasteiger partial charge in [0.15, 0.2) is 0 Å². The van der Waals surface area contributed by atoms with E-state index in [1.807, 2.05) is 33.8 Å². The lowest BCUT2D eigenvalue weighted by Crippen LogP contribution is -2.15. The number of hydrogen-bond acceptors (Lipinski definition) is 2. The minimum atomic E-state index is -0.0479. The lowest BCUT2D eigenvalue weighted by Gasteiger charge is -2.20. The molecule has 0 spiro atoms. The Morgan fingerprint density at radius 3 is 1.57 bits per heavy atom. The van der Waals surface area contributed by atoms with Crippen molar-refractivity contribution in [2.45, 2.75) is 62.3 Å². The molecule has 0 fully saturated rings. The van der Waals surface area contributed by atoms with E-state index >= 15 is 0 Å². The second-order valence-corrected chi connectivity index (χ2v) is 6.97. The molecule has 2 nitrogen and oxygen atoms in total. The molecule has 0 bridgehead atoms. The second-order valence-electron chi connectivity index (χ2n) is 6.97. The zero-order valence-electron chi connectivity index (χ0n) is 15.6. The molecule has 21 heavy (non-hydrogen) atoms. The summed E-state index contributed by atoms with van der Waals surface area (Å²) in [4.78, 5) is 4.73. The Bertz CT molecular complexity index is 417. The Labute approximate surface area is 132 Å². The van der Waals surface area contributed by atoms with Crippen LogP contribution in [-0.4, -0.2) is 0 Å². The van der Waals surface area contributed by atoms with Crippen LogP contribution in [0.25, 0.3) is 0 Å². The molecular weight excluding hydrogens is 258 g/mol. The first-order valence-electron chi connectivity index (χ1n) is 7.42. The maximum Gasteiger partial charge on any atom is 0.129 e. The summed E-state index contributed by atoms with van der Waals surface area (Å²) in [7, 11) is 0. The Morgan fingerprint density at radius 1 is 1.05 bits per heavy atom. The molecule has 2 N–H and O–H groups in total. The van der Waals surface area contributed by atoms with Gasteiger partial charge in [0.25, 0.3) is 0 Å². The molecule has 0 aliphatic carbocycles. The molecular formula is C19H35NO. The molecule has 0 saturated carbocycles. The van der Waals surface area contributed by atoms with Gasteiger partial charge in [0.2, 0.25) is 0 Å². The van der Waals surface area contributed by atoms with Gasteiger partial charge in [0, 0.05) is 5.41 Å². The SMILES string of the molecule is C=C(C)/C(C)=C(/C)C(C)C.C=C(C)/C=C(\ON)C(C)(C)C. The lowest BCUT2D eigenvalue weighted by molar-refractivity contribution is 0.155. The van der Waals surface area contributed by atoms with Gasteiger partial charge >= 0.3 is 0 Å². The van der Waals surface area contributed by atoms with E-state index < -0.39 is 0 Å². The number of rotatable bonds is 4. The van der Waals surface area contributed by atoms with Crippen LogP contribution in [0, 0.1) is 11.3 Å². The topological polar surface area (TPSA) is 35.2 Å². The van der Waals surface area contributed by atoms with Crippen molar-refractivity contribution < 1.29 is 4.84 Å². The molecule has 0 heterocycles. The van der Waals surface area contributed by atoms with Crippen LogP contribution in [0.2, 0.25) is 0 Å². The van der Waals surface area contributed by atoms with Crippen molar-refractivity contribution in [1.29, 1.82) is 0 Å². The largest absolute Gasteiger partial charge is 0.415 e. The highest BCUT2D eigenvalue weighted by molar-refractivity contribution is 5.29. The molecule has 2 heteroatoms. The van der Waals surface area contributed by atoms with E-state index in [-0.39, 0.29) is 5.41 Å². The molecule has 0 radical (unpaired) electrons. The highest BCUT2D eigenvalue weighted by Crippen LogP contribution is 2.25. The van der Waals surface area contributed by atoms with E-state index in [1.165, 1.54) is 16.7 Å². The first-order chi connectivity index (χ1) is 9.34. The maximum absolute atomic E-state index is 5.10. The van der Waals surface area contributed by atoms with Crippen LogP contribution in [0.15, 0.2) is 47.3 Å². The molecule has 0 aliphatic rings. The minimum absolute atomic E-state index is 0.0479. The minimum Gasteiger partial charge on any atom is -0.415 e. The monoisotopic (exact) mass is 293 g/mol. The summed E-state index contributed by atoms with van der Waals surface area (Å²) in [5.41, 5.74) is 4.89. The van der Waals surface area contributed by atoms with Crippen molar-refractivity contribution in [1.82, 2.24) is 0 Å². The second kappa shape index (κ2) is 9.62. The molecule has 122 valence electrons. The van der Waals surface area contributed by atoms with Crippen LogP contribution in [0.4, 0.5) is 0 Å². The van der Waals surface area contributed by atoms with E-state index in [0.717, 1.165) is 11.3 Å². The van der Waals surface area contributed by atoms with E-state index in [2.05, 4.69) is 47.8 Å². The standard InChI is InChI=1S/C10H18.C9H17NO/c1-7(2)9(5)10(6)8(3)4;1-7(2)6-8(11-10)9(3,4)5/h8H,1H2,2-6H3;6H,1,10H2,2-5H3/b10-9-;8-6-. The fraction of sp³-hybridized carbons (Fsp3) is 0.579. The van der Waals surface area contributed by atoms with Crippen molar-refractivity contribution in [3.8, 4) is 0 Å². The normalized spacial score (nSPS) is 13.2. The predicted octanol–water partition coefficient (Wildman–Crippen LogP) is 5.94. The van der Waals surface area contributed by atoms with Crippen LogP contribution in [0.3, 0.4) is 0 Å². The predicted molar refractivity (Wildman–Crippen MR) is 95.7 cm³/mol. The van der Waals surface area contributed by atoms with Gasteiger partial charge < -0.3 is 4.84 Å². The summed E-state index contributed by atoms with van der Waals surface area (Å²) in [6, 6.07) is 0. The van der Waals surface area contributed by atoms with Gasteiger partial charge in [-0.2, -0.15) is 5.90 Å². The Morgan fingerprint density at radius 2 is 1.48 bits per heavy atom. The van der Waals surface area contributed by atoms with Gasteiger partial charge in [-0.15, -0.1) is 0 Å². The van der Waals surface area contributed by atoms with E-state index in [9.17, 15) is 0 Å². The van der Waals surface area contributed by atoms with Crippen LogP contribution in [-0.2, 0) is 4.84 Å². The van der Waals surface area contributed by atoms with Gasteiger partial charge in [-0.1, -0.05) is 64.5 Å². The summed E-state index contributed by atoms with van der Waals surface area (Å²) in [5.74, 6) is 6.50. The number of hydrogen-bond donors (Lipinski definition) is 1. The molecule has 0 aromatic carbocycles. The molecule has 0 rings (SSSR count). The van der Waals surface area contributed by atoms with Gasteiger partial charge in [0.05, 0.1) is 0 Å². The van der Waals surface area contributed by atoms with Gasteiger partial charge in [-0.25, -0.2) is 0 Å². The van der Waals surface area contributed by atoms with Crippen LogP contribution >= 0.6 is 0 Å². The summed E-state index contributed by atoms with van der Waals surface area (Å²) >= 11 is 0. The van der Waals surface area contributed by atoms with Crippen molar-refractivity contribution >= 4 is 0 Å². The maximum atomic E-state index is 5.10. The summed E-state index contributed by atoms with van der Waals surface area (Å²) in [6.07, 6.45) is 1.85. The van der Waals surface area contributed by atoms with Crippen LogP contribution in [0.5, 0.6) is 0 Å². The Kier molecular flexibility index (Phi) is 10.1. The van der Waals surface area contributed by atoms with E-state index in [1.54, 1.807) is 0 Å². The highest BCUT2D eigenvalue weighted by atomic mass is 16.6. The third kappa shape index (κ3) is 10.1. The van der Waals surface area contributed by atoms with Gasteiger partial charge in [-0.3, -0.25) is 0 Å². The molecule has 0 unspecified atom stereocenters. The summed E-state index contributed by atoms with van der Waals surface area (Å²) < 4.78 is 0. The average Bonchev–Trinajstić information content (AvgIpc) is 2.32. The number of allylic oxidation sites excluding steroid dienone is 6. The quantitative estimate of drug-likeness (QED) is 0.395. The third-order valence-electron chi connectivity index (χ3n) is 3.34. The molecule has 0 aromatic heterocycles. The lowest BCUT2D eigenvalue weighted by atomic mass is 9.93. The molecule has 0 saturated heterocycles. The zero-order valence-corrected chi connectivity index (χ0v) is 15.6. The van der Waals surface area contributed by atoms with Crippen molar-refractivity contribution in [3.63, 3.8) is 0 Å². The molecule has 0 amide bonds. The van der Waals surface area contributed by atoms with Crippen molar-refractivity contribution in [3.05, 3.63) is 47.3 Å². The number of nitrogens with two attached hydrogens (primary N) is 1. The first kappa shape index (κ1) is 22.0. The van der Waals surface area contributed by atoms with Crippen molar-refractivity contribution in [2.75, 3.05) is 0 Å². The average molecular weight is 293 g/mol. The summed E-state index contributed by atoms with van der Waals surface area (Å²) in [5, 5.41) is 0. The molecule has 0 aromatic rings. The van der Waals surface area contributed by atoms with Crippen LogP contribution < -0.4 is 5.90 Å². The smallest absolute Gasteiger partial charge is 0.129 e. The van der Waals surface area contributed by atoms with Gasteiger partial charge in [-0.05, 0) is 45.3 Å². The fourth-order valence-electron chi connectivity index (χ4n) is 1.42. The first-order valence-corrected chi connectivity index (χ1v) is 7.42. The van der Waals surface area contributed by atoms with E-state index in [4.69, 9.17) is 10.7 Å². The van der Waals surface area contributed by atoms with Crippen molar-refractivity contribution in [2.24, 2.45) is 17.2 Å².